The molecule has 0 spiro atoms. The molecule has 0 bridgehead atoms. The molecule has 0 heterocycles. The zero-order chi connectivity index (χ0) is 8.15. The normalized spacial score (nSPS) is 10.7. The van der Waals surface area contributed by atoms with E-state index in [1.165, 1.54) is 6.92 Å². The fraction of sp³-hybridized carbons (Fsp3) is 0.200. The van der Waals surface area contributed by atoms with Crippen molar-refractivity contribution in [1.82, 2.24) is 5.32 Å². The number of carbonyl (C=O) groups excluding carboxylic acids is 1. The standard InChI is InChI=1S/C5H8N2O3/c1-3(2-4(8)9)7-5(6)10/h2H,1H3,(H,8,9)(H3,6,7,10). The Hall–Kier alpha value is -1.52. The number of urea groups is 1. The number of rotatable bonds is 2. The van der Waals surface area contributed by atoms with E-state index in [1.54, 1.807) is 0 Å². The summed E-state index contributed by atoms with van der Waals surface area (Å²) in [4.78, 5) is 20.0. The number of hydrogen-bond acceptors (Lipinski definition) is 2. The van der Waals surface area contributed by atoms with Crippen LogP contribution in [0.3, 0.4) is 0 Å². The zero-order valence-electron chi connectivity index (χ0n) is 5.42. The van der Waals surface area contributed by atoms with Gasteiger partial charge >= 0.3 is 12.0 Å². The average Bonchev–Trinajstić information content (AvgIpc) is 1.58. The lowest BCUT2D eigenvalue weighted by molar-refractivity contribution is -0.131. The summed E-state index contributed by atoms with van der Waals surface area (Å²) in [6.45, 7) is 1.43. The first-order valence-corrected chi connectivity index (χ1v) is 2.50. The van der Waals surface area contributed by atoms with Crippen LogP contribution >= 0.6 is 0 Å². The summed E-state index contributed by atoms with van der Waals surface area (Å²) in [5, 5.41) is 10.2. The number of nitrogens with two attached hydrogens (primary N) is 1. The molecule has 0 radical (unpaired) electrons. The average molecular weight is 144 g/mol. The molecule has 4 N–H and O–H groups in total. The Morgan fingerprint density at radius 1 is 1.60 bits per heavy atom. The summed E-state index contributed by atoms with van der Waals surface area (Å²) < 4.78 is 0. The van der Waals surface area contributed by atoms with Crippen LogP contribution in [0.25, 0.3) is 0 Å². The number of primary amides is 1. The van der Waals surface area contributed by atoms with Crippen LogP contribution in [0.15, 0.2) is 11.8 Å². The third kappa shape index (κ3) is 4.63. The Bertz CT molecular complexity index is 185. The maximum absolute atomic E-state index is 10.1. The van der Waals surface area contributed by atoms with E-state index in [1.807, 2.05) is 0 Å². The molecular formula is C5H8N2O3. The van der Waals surface area contributed by atoms with E-state index in [4.69, 9.17) is 5.11 Å². The molecule has 0 aromatic carbocycles. The first kappa shape index (κ1) is 8.48. The Kier molecular flexibility index (Phi) is 2.96. The summed E-state index contributed by atoms with van der Waals surface area (Å²) in [6, 6.07) is -0.769. The highest BCUT2D eigenvalue weighted by Crippen LogP contribution is 1.83. The van der Waals surface area contributed by atoms with Crippen LogP contribution < -0.4 is 11.1 Å². The van der Waals surface area contributed by atoms with Crippen LogP contribution in [-0.2, 0) is 4.79 Å². The summed E-state index contributed by atoms with van der Waals surface area (Å²) in [7, 11) is 0. The van der Waals surface area contributed by atoms with Crippen LogP contribution in [0.1, 0.15) is 6.92 Å². The van der Waals surface area contributed by atoms with E-state index in [0.717, 1.165) is 6.08 Å². The lowest BCUT2D eigenvalue weighted by Crippen LogP contribution is -2.27. The molecule has 0 rings (SSSR count). The molecule has 0 aliphatic rings. The highest BCUT2D eigenvalue weighted by atomic mass is 16.4. The van der Waals surface area contributed by atoms with Gasteiger partial charge in [0.2, 0.25) is 0 Å². The summed E-state index contributed by atoms with van der Waals surface area (Å²) in [5.74, 6) is -1.12. The molecular weight excluding hydrogens is 136 g/mol. The molecule has 10 heavy (non-hydrogen) atoms. The van der Waals surface area contributed by atoms with Gasteiger partial charge in [-0.3, -0.25) is 0 Å². The number of aliphatic carboxylic acids is 1. The van der Waals surface area contributed by atoms with Gasteiger partial charge in [0.15, 0.2) is 0 Å². The topological polar surface area (TPSA) is 92.4 Å². The number of carboxylic acid groups (broad SMARTS) is 1. The van der Waals surface area contributed by atoms with Crippen molar-refractivity contribution in [2.45, 2.75) is 6.92 Å². The minimum Gasteiger partial charge on any atom is -0.478 e. The largest absolute Gasteiger partial charge is 0.478 e. The van der Waals surface area contributed by atoms with E-state index in [-0.39, 0.29) is 5.70 Å². The van der Waals surface area contributed by atoms with Crippen molar-refractivity contribution in [1.29, 1.82) is 0 Å². The predicted octanol–water partition coefficient (Wildman–Crippen LogP) is -0.357. The SMILES string of the molecule is CC(=CC(=O)O)NC(N)=O. The Morgan fingerprint density at radius 2 is 2.10 bits per heavy atom. The second kappa shape index (κ2) is 3.49. The highest BCUT2D eigenvalue weighted by Gasteiger charge is 1.94. The molecule has 0 aromatic heterocycles. The molecule has 5 nitrogen and oxygen atoms in total. The number of hydrogen-bond donors (Lipinski definition) is 3. The van der Waals surface area contributed by atoms with Gasteiger partial charge in [0.25, 0.3) is 0 Å². The third-order valence-corrected chi connectivity index (χ3v) is 0.660. The van der Waals surface area contributed by atoms with Crippen LogP contribution in [0, 0.1) is 0 Å². The van der Waals surface area contributed by atoms with Gasteiger partial charge in [0.05, 0.1) is 0 Å². The van der Waals surface area contributed by atoms with E-state index in [2.05, 4.69) is 11.1 Å². The van der Waals surface area contributed by atoms with Crippen LogP contribution in [0.2, 0.25) is 0 Å². The number of carbonyl (C=O) groups is 2. The van der Waals surface area contributed by atoms with Crippen LogP contribution in [0.5, 0.6) is 0 Å². The molecule has 0 aliphatic carbocycles. The smallest absolute Gasteiger partial charge is 0.330 e. The molecule has 0 fully saturated rings. The van der Waals surface area contributed by atoms with Crippen LogP contribution in [-0.4, -0.2) is 17.1 Å². The quantitative estimate of drug-likeness (QED) is 0.462. The van der Waals surface area contributed by atoms with Gasteiger partial charge in [0, 0.05) is 11.8 Å². The third-order valence-electron chi connectivity index (χ3n) is 0.660. The number of allylic oxidation sites excluding steroid dienone is 1. The lowest BCUT2D eigenvalue weighted by atomic mass is 10.4. The summed E-state index contributed by atoms with van der Waals surface area (Å²) in [6.07, 6.45) is 0.852. The monoisotopic (exact) mass is 144 g/mol. The zero-order valence-corrected chi connectivity index (χ0v) is 5.42. The Balaban J connectivity index is 3.95. The lowest BCUT2D eigenvalue weighted by Gasteiger charge is -1.97. The fourth-order valence-electron chi connectivity index (χ4n) is 0.416. The molecule has 56 valence electrons. The number of carboxylic acids is 1. The van der Waals surface area contributed by atoms with Crippen molar-refractivity contribution < 1.29 is 14.7 Å². The van der Waals surface area contributed by atoms with Gasteiger partial charge in [-0.2, -0.15) is 0 Å². The molecule has 0 unspecified atom stereocenters. The molecule has 5 heteroatoms. The van der Waals surface area contributed by atoms with Gasteiger partial charge in [-0.1, -0.05) is 0 Å². The van der Waals surface area contributed by atoms with Gasteiger partial charge in [0.1, 0.15) is 0 Å². The highest BCUT2D eigenvalue weighted by molar-refractivity contribution is 5.82. The van der Waals surface area contributed by atoms with Gasteiger partial charge < -0.3 is 16.2 Å². The first-order valence-electron chi connectivity index (χ1n) is 2.50. The van der Waals surface area contributed by atoms with Crippen molar-refractivity contribution in [3.8, 4) is 0 Å². The molecule has 0 saturated heterocycles. The Morgan fingerprint density at radius 3 is 2.40 bits per heavy atom. The minimum atomic E-state index is -1.12. The maximum Gasteiger partial charge on any atom is 0.330 e. The van der Waals surface area contributed by atoms with Crippen LogP contribution in [0.4, 0.5) is 4.79 Å². The van der Waals surface area contributed by atoms with E-state index in [9.17, 15) is 9.59 Å². The van der Waals surface area contributed by atoms with Gasteiger partial charge in [-0.15, -0.1) is 0 Å². The second-order valence-corrected chi connectivity index (χ2v) is 1.65. The van der Waals surface area contributed by atoms with Gasteiger partial charge in [-0.05, 0) is 6.92 Å². The van der Waals surface area contributed by atoms with Crippen molar-refractivity contribution >= 4 is 12.0 Å². The first-order chi connectivity index (χ1) is 4.52. The Labute approximate surface area is 57.5 Å². The molecule has 0 saturated carbocycles. The minimum absolute atomic E-state index is 0.208. The van der Waals surface area contributed by atoms with E-state index in [0.29, 0.717) is 0 Å². The number of nitrogens with one attached hydrogen (secondary N) is 1. The van der Waals surface area contributed by atoms with Crippen molar-refractivity contribution in [3.05, 3.63) is 11.8 Å². The van der Waals surface area contributed by atoms with Crippen molar-refractivity contribution in [2.75, 3.05) is 0 Å². The molecule has 0 aliphatic heterocycles. The maximum atomic E-state index is 10.1. The summed E-state index contributed by atoms with van der Waals surface area (Å²) >= 11 is 0. The molecule has 0 aromatic rings. The van der Waals surface area contributed by atoms with Gasteiger partial charge in [-0.25, -0.2) is 9.59 Å². The second-order valence-electron chi connectivity index (χ2n) is 1.65. The molecule has 2 amide bonds. The predicted molar refractivity (Wildman–Crippen MR) is 34.1 cm³/mol. The summed E-state index contributed by atoms with van der Waals surface area (Å²) in [5.41, 5.74) is 4.89. The van der Waals surface area contributed by atoms with E-state index >= 15 is 0 Å². The number of amides is 2. The van der Waals surface area contributed by atoms with Crippen molar-refractivity contribution in [3.63, 3.8) is 0 Å². The van der Waals surface area contributed by atoms with E-state index < -0.39 is 12.0 Å². The fourth-order valence-corrected chi connectivity index (χ4v) is 0.416. The van der Waals surface area contributed by atoms with Crippen molar-refractivity contribution in [2.24, 2.45) is 5.73 Å². The molecule has 0 atom stereocenters.